The average Bonchev–Trinajstić information content (AvgIpc) is 2.85. The van der Waals surface area contributed by atoms with Gasteiger partial charge in [0.15, 0.2) is 0 Å². The monoisotopic (exact) mass is 294 g/mol. The van der Waals surface area contributed by atoms with Crippen molar-refractivity contribution < 1.29 is 18.9 Å². The molecule has 0 aromatic heterocycles. The van der Waals surface area contributed by atoms with E-state index < -0.39 is 22.3 Å². The first-order valence-electron chi connectivity index (χ1n) is 6.64. The van der Waals surface area contributed by atoms with Gasteiger partial charge in [-0.1, -0.05) is 0 Å². The molecular formula is C14H15FN2O4. The lowest BCUT2D eigenvalue weighted by Gasteiger charge is -2.23. The number of hydrogen-bond donors (Lipinski definition) is 0. The van der Waals surface area contributed by atoms with Gasteiger partial charge in [0.2, 0.25) is 0 Å². The molecule has 6 nitrogen and oxygen atoms in total. The van der Waals surface area contributed by atoms with Crippen molar-refractivity contribution in [2.45, 2.75) is 32.2 Å². The molecule has 112 valence electrons. The molecule has 1 heterocycles. The zero-order chi connectivity index (χ0) is 15.6. The summed E-state index contributed by atoms with van der Waals surface area (Å²) in [5.41, 5.74) is -0.690. The molecule has 1 aliphatic rings. The number of nitro groups is 1. The highest BCUT2D eigenvalue weighted by molar-refractivity contribution is 5.98. The van der Waals surface area contributed by atoms with Crippen LogP contribution in [0.5, 0.6) is 0 Å². The van der Waals surface area contributed by atoms with Crippen LogP contribution in [0.15, 0.2) is 18.2 Å². The number of carbonyl (C=O) groups is 2. The van der Waals surface area contributed by atoms with E-state index in [0.29, 0.717) is 13.0 Å². The fourth-order valence-corrected chi connectivity index (χ4v) is 2.64. The van der Waals surface area contributed by atoms with Crippen molar-refractivity contribution in [3.63, 3.8) is 0 Å². The molecule has 1 aromatic carbocycles. The minimum atomic E-state index is -0.771. The molecule has 1 saturated heterocycles. The summed E-state index contributed by atoms with van der Waals surface area (Å²) in [5.74, 6) is -1.32. The maximum absolute atomic E-state index is 13.1. The van der Waals surface area contributed by atoms with Gasteiger partial charge in [-0.2, -0.15) is 0 Å². The zero-order valence-corrected chi connectivity index (χ0v) is 11.5. The third-order valence-corrected chi connectivity index (χ3v) is 3.55. The minimum Gasteiger partial charge on any atom is -0.335 e. The van der Waals surface area contributed by atoms with Crippen LogP contribution in [0, 0.1) is 15.9 Å². The van der Waals surface area contributed by atoms with Gasteiger partial charge in [0.05, 0.1) is 11.0 Å². The molecule has 1 unspecified atom stereocenters. The molecule has 1 aliphatic heterocycles. The lowest BCUT2D eigenvalue weighted by Crippen LogP contribution is -2.36. The quantitative estimate of drug-likeness (QED) is 0.630. The first kappa shape index (κ1) is 15.1. The number of rotatable bonds is 4. The molecule has 7 heteroatoms. The first-order chi connectivity index (χ1) is 9.90. The molecule has 1 atom stereocenters. The van der Waals surface area contributed by atoms with Crippen LogP contribution in [0.3, 0.4) is 0 Å². The summed E-state index contributed by atoms with van der Waals surface area (Å²) in [4.78, 5) is 35.4. The molecule has 1 amide bonds. The largest absolute Gasteiger partial charge is 0.335 e. The van der Waals surface area contributed by atoms with E-state index in [9.17, 15) is 24.1 Å². The summed E-state index contributed by atoms with van der Waals surface area (Å²) in [5, 5.41) is 11.0. The van der Waals surface area contributed by atoms with Crippen LogP contribution in [0.25, 0.3) is 0 Å². The van der Waals surface area contributed by atoms with Crippen LogP contribution in [-0.2, 0) is 4.79 Å². The van der Waals surface area contributed by atoms with Gasteiger partial charge in [-0.05, 0) is 31.9 Å². The number of carbonyl (C=O) groups excluding carboxylic acids is 2. The van der Waals surface area contributed by atoms with Gasteiger partial charge in [-0.25, -0.2) is 4.39 Å². The topological polar surface area (TPSA) is 80.5 Å². The fraction of sp³-hybridized carbons (Fsp3) is 0.429. The second kappa shape index (κ2) is 5.99. The Balaban J connectivity index is 2.31. The Morgan fingerprint density at radius 3 is 2.81 bits per heavy atom. The highest BCUT2D eigenvalue weighted by Crippen LogP contribution is 2.27. The Kier molecular flexibility index (Phi) is 4.30. The molecule has 0 N–H and O–H groups in total. The van der Waals surface area contributed by atoms with E-state index in [2.05, 4.69) is 0 Å². The SMILES string of the molecule is CC(=O)CC1CCCN1C(=O)c1ccc(F)cc1[N+](=O)[O-]. The molecule has 1 aromatic rings. The Morgan fingerprint density at radius 2 is 2.19 bits per heavy atom. The third kappa shape index (κ3) is 3.24. The third-order valence-electron chi connectivity index (χ3n) is 3.55. The zero-order valence-electron chi connectivity index (χ0n) is 11.5. The number of nitro benzene ring substituents is 1. The lowest BCUT2D eigenvalue weighted by molar-refractivity contribution is -0.385. The Morgan fingerprint density at radius 1 is 1.48 bits per heavy atom. The Labute approximate surface area is 120 Å². The van der Waals surface area contributed by atoms with Crippen LogP contribution in [0.1, 0.15) is 36.5 Å². The molecular weight excluding hydrogens is 279 g/mol. The van der Waals surface area contributed by atoms with E-state index in [-0.39, 0.29) is 23.8 Å². The number of ketones is 1. The van der Waals surface area contributed by atoms with Gasteiger partial charge in [0, 0.05) is 19.0 Å². The molecule has 0 saturated carbocycles. The van der Waals surface area contributed by atoms with Gasteiger partial charge in [0.1, 0.15) is 17.2 Å². The van der Waals surface area contributed by atoms with E-state index in [0.717, 1.165) is 24.6 Å². The summed E-state index contributed by atoms with van der Waals surface area (Å²) in [6.07, 6.45) is 1.68. The van der Waals surface area contributed by atoms with E-state index in [1.807, 2.05) is 0 Å². The molecule has 2 rings (SSSR count). The van der Waals surface area contributed by atoms with Gasteiger partial charge in [-0.15, -0.1) is 0 Å². The lowest BCUT2D eigenvalue weighted by atomic mass is 10.1. The molecule has 0 radical (unpaired) electrons. The minimum absolute atomic E-state index is 0.0340. The maximum atomic E-state index is 13.1. The van der Waals surface area contributed by atoms with Crippen molar-refractivity contribution >= 4 is 17.4 Å². The number of Topliss-reactive ketones (excluding diaryl/α,β-unsaturated/α-hetero) is 1. The summed E-state index contributed by atoms with van der Waals surface area (Å²) >= 11 is 0. The second-order valence-electron chi connectivity index (χ2n) is 5.12. The maximum Gasteiger partial charge on any atom is 0.285 e. The van der Waals surface area contributed by atoms with E-state index in [1.165, 1.54) is 11.8 Å². The Hall–Kier alpha value is -2.31. The number of benzene rings is 1. The molecule has 21 heavy (non-hydrogen) atoms. The predicted octanol–water partition coefficient (Wildman–Crippen LogP) is 2.32. The number of hydrogen-bond acceptors (Lipinski definition) is 4. The fourth-order valence-electron chi connectivity index (χ4n) is 2.64. The average molecular weight is 294 g/mol. The van der Waals surface area contributed by atoms with Crippen LogP contribution in [0.4, 0.5) is 10.1 Å². The number of amides is 1. The van der Waals surface area contributed by atoms with Crippen molar-refractivity contribution in [1.29, 1.82) is 0 Å². The summed E-state index contributed by atoms with van der Waals surface area (Å²) < 4.78 is 13.1. The van der Waals surface area contributed by atoms with Gasteiger partial charge in [0.25, 0.3) is 11.6 Å². The van der Waals surface area contributed by atoms with Crippen LogP contribution in [-0.4, -0.2) is 34.1 Å². The van der Waals surface area contributed by atoms with Gasteiger partial charge in [-0.3, -0.25) is 19.7 Å². The number of likely N-dealkylation sites (tertiary alicyclic amines) is 1. The van der Waals surface area contributed by atoms with Gasteiger partial charge < -0.3 is 4.90 Å². The van der Waals surface area contributed by atoms with Crippen molar-refractivity contribution in [3.8, 4) is 0 Å². The van der Waals surface area contributed by atoms with Crippen LogP contribution >= 0.6 is 0 Å². The van der Waals surface area contributed by atoms with Crippen LogP contribution < -0.4 is 0 Å². The molecule has 0 aliphatic carbocycles. The Bertz CT molecular complexity index is 603. The molecule has 0 bridgehead atoms. The van der Waals surface area contributed by atoms with Crippen LogP contribution in [0.2, 0.25) is 0 Å². The predicted molar refractivity (Wildman–Crippen MR) is 72.4 cm³/mol. The molecule has 0 spiro atoms. The highest BCUT2D eigenvalue weighted by atomic mass is 19.1. The number of halogens is 1. The van der Waals surface area contributed by atoms with E-state index >= 15 is 0 Å². The second-order valence-corrected chi connectivity index (χ2v) is 5.12. The summed E-state index contributed by atoms with van der Waals surface area (Å²) in [7, 11) is 0. The van der Waals surface area contributed by atoms with E-state index in [1.54, 1.807) is 0 Å². The molecule has 1 fully saturated rings. The van der Waals surface area contributed by atoms with Crippen molar-refractivity contribution in [2.75, 3.05) is 6.54 Å². The summed E-state index contributed by atoms with van der Waals surface area (Å²) in [6, 6.07) is 2.65. The normalized spacial score (nSPS) is 17.8. The summed E-state index contributed by atoms with van der Waals surface area (Å²) in [6.45, 7) is 1.90. The first-order valence-corrected chi connectivity index (χ1v) is 6.64. The van der Waals surface area contributed by atoms with Crippen molar-refractivity contribution in [3.05, 3.63) is 39.7 Å². The van der Waals surface area contributed by atoms with Crippen molar-refractivity contribution in [2.24, 2.45) is 0 Å². The highest BCUT2D eigenvalue weighted by Gasteiger charge is 2.33. The van der Waals surface area contributed by atoms with Gasteiger partial charge >= 0.3 is 0 Å². The van der Waals surface area contributed by atoms with E-state index in [4.69, 9.17) is 0 Å². The standard InChI is InChI=1S/C14H15FN2O4/c1-9(18)7-11-3-2-6-16(11)14(19)12-5-4-10(15)8-13(12)17(20)21/h4-5,8,11H,2-3,6-7H2,1H3. The smallest absolute Gasteiger partial charge is 0.285 e. The van der Waals surface area contributed by atoms with Crippen molar-refractivity contribution in [1.82, 2.24) is 4.90 Å². The number of nitrogens with zero attached hydrogens (tertiary/aromatic N) is 2.